The Bertz CT molecular complexity index is 859. The predicted octanol–water partition coefficient (Wildman–Crippen LogP) is 0.353. The number of anilines is 1. The third kappa shape index (κ3) is 2.72. The average Bonchev–Trinajstić information content (AvgIpc) is 3.34. The first-order valence-corrected chi connectivity index (χ1v) is 9.85. The van der Waals surface area contributed by atoms with Crippen LogP contribution in [0.2, 0.25) is 0 Å². The van der Waals surface area contributed by atoms with E-state index in [2.05, 4.69) is 37.5 Å². The van der Waals surface area contributed by atoms with Gasteiger partial charge in [-0.1, -0.05) is 17.2 Å². The SMILES string of the molecule is COc1ccc([C@@H]2CN(C(=O)Cn3nnnc3N)[C@@H]3C4CCN(CC4)[C@@H]32)cc1. The standard InChI is InChI=1S/C19H25N7O2/c1-28-14-4-2-12(3-5-14)15-10-25(16(27)11-26-19(20)21-22-23-26)17-13-6-8-24(9-7-13)18(15)17/h2-5,13,15,17-18H,6-11H2,1H3,(H2,20,21,23)/t15-,17+,18+/m0/s1. The number of amides is 1. The fraction of sp³-hybridized carbons (Fsp3) is 0.579. The van der Waals surface area contributed by atoms with Crippen molar-refractivity contribution >= 4 is 11.9 Å². The van der Waals surface area contributed by atoms with Gasteiger partial charge in [-0.25, -0.2) is 4.68 Å². The number of hydrogen-bond acceptors (Lipinski definition) is 7. The predicted molar refractivity (Wildman–Crippen MR) is 102 cm³/mol. The van der Waals surface area contributed by atoms with Crippen LogP contribution < -0.4 is 10.5 Å². The summed E-state index contributed by atoms with van der Waals surface area (Å²) in [6.45, 7) is 3.06. The monoisotopic (exact) mass is 383 g/mol. The number of benzene rings is 1. The summed E-state index contributed by atoms with van der Waals surface area (Å²) >= 11 is 0. The second kappa shape index (κ2) is 6.73. The topological polar surface area (TPSA) is 102 Å². The fourth-order valence-corrected chi connectivity index (χ4v) is 5.39. The van der Waals surface area contributed by atoms with Crippen molar-refractivity contribution in [1.82, 2.24) is 30.0 Å². The van der Waals surface area contributed by atoms with E-state index in [9.17, 15) is 4.79 Å². The average molecular weight is 383 g/mol. The summed E-state index contributed by atoms with van der Waals surface area (Å²) in [6.07, 6.45) is 2.32. The highest BCUT2D eigenvalue weighted by atomic mass is 16.5. The molecule has 0 unspecified atom stereocenters. The van der Waals surface area contributed by atoms with E-state index in [1.54, 1.807) is 7.11 Å². The molecule has 4 aliphatic heterocycles. The highest BCUT2D eigenvalue weighted by Gasteiger charge is 2.54. The molecule has 2 N–H and O–H groups in total. The van der Waals surface area contributed by atoms with Crippen LogP contribution in [0.25, 0.3) is 0 Å². The Balaban J connectivity index is 1.45. The van der Waals surface area contributed by atoms with Gasteiger partial charge < -0.3 is 15.4 Å². The lowest BCUT2D eigenvalue weighted by molar-refractivity contribution is -0.136. The molecule has 1 amide bonds. The number of nitrogen functional groups attached to an aromatic ring is 1. The van der Waals surface area contributed by atoms with Crippen molar-refractivity contribution in [3.05, 3.63) is 29.8 Å². The van der Waals surface area contributed by atoms with Gasteiger partial charge in [0.2, 0.25) is 11.9 Å². The van der Waals surface area contributed by atoms with Gasteiger partial charge in [-0.15, -0.1) is 0 Å². The number of ether oxygens (including phenoxy) is 1. The molecular weight excluding hydrogens is 358 g/mol. The van der Waals surface area contributed by atoms with Gasteiger partial charge in [-0.05, 0) is 60.0 Å². The third-order valence-electron chi connectivity index (χ3n) is 6.70. The highest BCUT2D eigenvalue weighted by molar-refractivity contribution is 5.77. The molecule has 148 valence electrons. The largest absolute Gasteiger partial charge is 0.497 e. The number of tetrazole rings is 1. The summed E-state index contributed by atoms with van der Waals surface area (Å²) in [5.41, 5.74) is 7.03. The number of carbonyl (C=O) groups is 1. The summed E-state index contributed by atoms with van der Waals surface area (Å²) in [5.74, 6) is 1.93. The number of carbonyl (C=O) groups excluding carboxylic acids is 1. The van der Waals surface area contributed by atoms with Crippen LogP contribution in [-0.4, -0.2) is 74.7 Å². The number of aromatic nitrogens is 4. The lowest BCUT2D eigenvalue weighted by Crippen LogP contribution is -2.61. The van der Waals surface area contributed by atoms with Gasteiger partial charge in [0.25, 0.3) is 0 Å². The number of likely N-dealkylation sites (tertiary alicyclic amines) is 1. The van der Waals surface area contributed by atoms with Crippen molar-refractivity contribution in [3.63, 3.8) is 0 Å². The minimum atomic E-state index is 0.0405. The number of rotatable bonds is 4. The molecule has 1 aromatic heterocycles. The minimum Gasteiger partial charge on any atom is -0.497 e. The van der Waals surface area contributed by atoms with Crippen molar-refractivity contribution in [2.24, 2.45) is 5.92 Å². The molecule has 4 aliphatic rings. The molecule has 0 saturated carbocycles. The van der Waals surface area contributed by atoms with Crippen molar-refractivity contribution in [3.8, 4) is 5.75 Å². The molecule has 4 saturated heterocycles. The molecule has 1 aromatic carbocycles. The van der Waals surface area contributed by atoms with E-state index < -0.39 is 0 Å². The van der Waals surface area contributed by atoms with E-state index in [0.29, 0.717) is 17.9 Å². The molecule has 2 aromatic rings. The maximum Gasteiger partial charge on any atom is 0.244 e. The molecule has 5 heterocycles. The maximum atomic E-state index is 13.2. The van der Waals surface area contributed by atoms with E-state index in [-0.39, 0.29) is 24.4 Å². The van der Waals surface area contributed by atoms with Crippen LogP contribution in [0.1, 0.15) is 24.3 Å². The highest BCUT2D eigenvalue weighted by Crippen LogP contribution is 2.46. The lowest BCUT2D eigenvalue weighted by Gasteiger charge is -2.51. The molecule has 28 heavy (non-hydrogen) atoms. The quantitative estimate of drug-likeness (QED) is 0.813. The van der Waals surface area contributed by atoms with E-state index in [4.69, 9.17) is 10.5 Å². The van der Waals surface area contributed by atoms with Gasteiger partial charge in [-0.2, -0.15) is 0 Å². The van der Waals surface area contributed by atoms with Crippen molar-refractivity contribution in [2.75, 3.05) is 32.5 Å². The molecule has 0 aliphatic carbocycles. The van der Waals surface area contributed by atoms with E-state index in [1.165, 1.54) is 10.2 Å². The van der Waals surface area contributed by atoms with E-state index in [0.717, 1.165) is 38.2 Å². The Hall–Kier alpha value is -2.68. The van der Waals surface area contributed by atoms with E-state index >= 15 is 0 Å². The summed E-state index contributed by atoms with van der Waals surface area (Å²) in [4.78, 5) is 17.8. The Labute approximate surface area is 163 Å². The molecule has 6 rings (SSSR count). The lowest BCUT2D eigenvalue weighted by atomic mass is 9.75. The summed E-state index contributed by atoms with van der Waals surface area (Å²) in [6, 6.07) is 8.91. The smallest absolute Gasteiger partial charge is 0.244 e. The summed E-state index contributed by atoms with van der Waals surface area (Å²) in [7, 11) is 1.68. The third-order valence-corrected chi connectivity index (χ3v) is 6.70. The molecule has 9 nitrogen and oxygen atoms in total. The van der Waals surface area contributed by atoms with Crippen LogP contribution in [0.3, 0.4) is 0 Å². The van der Waals surface area contributed by atoms with Crippen LogP contribution in [0.5, 0.6) is 5.75 Å². The van der Waals surface area contributed by atoms with Crippen molar-refractivity contribution in [1.29, 1.82) is 0 Å². The molecule has 0 spiro atoms. The summed E-state index contributed by atoms with van der Waals surface area (Å²) in [5, 5.41) is 11.1. The first-order valence-electron chi connectivity index (χ1n) is 9.85. The van der Waals surface area contributed by atoms with E-state index in [1.807, 2.05) is 12.1 Å². The first kappa shape index (κ1) is 17.4. The number of nitrogens with zero attached hydrogens (tertiary/aromatic N) is 6. The van der Waals surface area contributed by atoms with Gasteiger partial charge in [0.05, 0.1) is 13.2 Å². The van der Waals surface area contributed by atoms with Crippen molar-refractivity contribution in [2.45, 2.75) is 37.4 Å². The number of nitrogens with two attached hydrogens (primary N) is 1. The van der Waals surface area contributed by atoms with Gasteiger partial charge in [-0.3, -0.25) is 9.69 Å². The molecular formula is C19H25N7O2. The van der Waals surface area contributed by atoms with Crippen LogP contribution >= 0.6 is 0 Å². The Morgan fingerprint density at radius 1 is 1.21 bits per heavy atom. The van der Waals surface area contributed by atoms with Crippen LogP contribution in [-0.2, 0) is 11.3 Å². The first-order chi connectivity index (χ1) is 13.7. The van der Waals surface area contributed by atoms with Gasteiger partial charge in [0.1, 0.15) is 12.3 Å². The number of hydrogen-bond donors (Lipinski definition) is 1. The second-order valence-electron chi connectivity index (χ2n) is 7.98. The Kier molecular flexibility index (Phi) is 4.19. The zero-order chi connectivity index (χ0) is 19.3. The van der Waals surface area contributed by atoms with Gasteiger partial charge in [0, 0.05) is 18.5 Å². The zero-order valence-electron chi connectivity index (χ0n) is 15.9. The minimum absolute atomic E-state index is 0.0405. The normalized spacial score (nSPS) is 31.0. The Morgan fingerprint density at radius 3 is 2.61 bits per heavy atom. The second-order valence-corrected chi connectivity index (χ2v) is 7.98. The number of methoxy groups -OCH3 is 1. The molecule has 4 fully saturated rings. The molecule has 0 radical (unpaired) electrons. The number of fused-ring (bicyclic) bond motifs is 2. The molecule has 9 heteroatoms. The Morgan fingerprint density at radius 2 is 1.96 bits per heavy atom. The fourth-order valence-electron chi connectivity index (χ4n) is 5.39. The molecule has 3 atom stereocenters. The zero-order valence-corrected chi connectivity index (χ0v) is 15.9. The van der Waals surface area contributed by atoms with Crippen molar-refractivity contribution < 1.29 is 9.53 Å². The van der Waals surface area contributed by atoms with Crippen LogP contribution in [0.15, 0.2) is 24.3 Å². The molecule has 2 bridgehead atoms. The number of piperidine rings is 3. The maximum absolute atomic E-state index is 13.2. The van der Waals surface area contributed by atoms with Crippen LogP contribution in [0.4, 0.5) is 5.95 Å². The van der Waals surface area contributed by atoms with Gasteiger partial charge in [0.15, 0.2) is 0 Å². The van der Waals surface area contributed by atoms with Gasteiger partial charge >= 0.3 is 0 Å². The summed E-state index contributed by atoms with van der Waals surface area (Å²) < 4.78 is 6.68. The van der Waals surface area contributed by atoms with Crippen LogP contribution in [0, 0.1) is 5.92 Å².